The lowest BCUT2D eigenvalue weighted by atomic mass is 10.0. The largest absolute Gasteiger partial charge is 0.326 e. The highest BCUT2D eigenvalue weighted by molar-refractivity contribution is 8.01. The topological polar surface area (TPSA) is 66.5 Å². The molecule has 0 aliphatic carbocycles. The molecule has 1 amide bonds. The number of nitrogens with one attached hydrogen (secondary N) is 1. The summed E-state index contributed by atoms with van der Waals surface area (Å²) in [5.41, 5.74) is 2.48. The summed E-state index contributed by atoms with van der Waals surface area (Å²) in [5, 5.41) is 3.16. The highest BCUT2D eigenvalue weighted by Crippen LogP contribution is 2.42. The van der Waals surface area contributed by atoms with Crippen molar-refractivity contribution in [2.45, 2.75) is 23.1 Å². The van der Waals surface area contributed by atoms with Crippen LogP contribution in [0.2, 0.25) is 5.02 Å². The Labute approximate surface area is 161 Å². The van der Waals surface area contributed by atoms with Crippen LogP contribution in [0.25, 0.3) is 0 Å². The van der Waals surface area contributed by atoms with Crippen molar-refractivity contribution in [1.29, 1.82) is 0 Å². The molecule has 136 valence electrons. The number of hydrogen-bond acceptors (Lipinski definition) is 4. The van der Waals surface area contributed by atoms with Crippen LogP contribution in [0.1, 0.15) is 22.9 Å². The van der Waals surface area contributed by atoms with Crippen molar-refractivity contribution in [3.63, 3.8) is 0 Å². The van der Waals surface area contributed by atoms with Crippen molar-refractivity contribution in [3.8, 4) is 0 Å². The molecular formula is C18H17ClN2O3S2. The van der Waals surface area contributed by atoms with Crippen molar-refractivity contribution >= 4 is 45.0 Å². The summed E-state index contributed by atoms with van der Waals surface area (Å²) in [6.45, 7) is 0.466. The van der Waals surface area contributed by atoms with Crippen molar-refractivity contribution in [1.82, 2.24) is 4.31 Å². The third-order valence-electron chi connectivity index (χ3n) is 4.58. The Morgan fingerprint density at radius 1 is 1.12 bits per heavy atom. The van der Waals surface area contributed by atoms with Gasteiger partial charge in [0.25, 0.3) is 0 Å². The Hall–Kier alpha value is -1.54. The molecule has 8 heteroatoms. The second-order valence-electron chi connectivity index (χ2n) is 6.26. The summed E-state index contributed by atoms with van der Waals surface area (Å²) in [5.74, 6) is 0.708. The Morgan fingerprint density at radius 3 is 2.65 bits per heavy atom. The second kappa shape index (κ2) is 6.88. The predicted molar refractivity (Wildman–Crippen MR) is 104 cm³/mol. The summed E-state index contributed by atoms with van der Waals surface area (Å²) in [6.07, 6.45) is 0.934. The predicted octanol–water partition coefficient (Wildman–Crippen LogP) is 3.66. The number of amides is 1. The first kappa shape index (κ1) is 17.9. The molecule has 2 aromatic rings. The van der Waals surface area contributed by atoms with Gasteiger partial charge in [-0.3, -0.25) is 4.79 Å². The minimum Gasteiger partial charge on any atom is -0.326 e. The molecular weight excluding hydrogens is 392 g/mol. The number of anilines is 1. The fraction of sp³-hybridized carbons (Fsp3) is 0.278. The first-order valence-electron chi connectivity index (χ1n) is 8.27. The third kappa shape index (κ3) is 3.24. The van der Waals surface area contributed by atoms with E-state index in [2.05, 4.69) is 5.32 Å². The van der Waals surface area contributed by atoms with Gasteiger partial charge in [0, 0.05) is 29.4 Å². The number of sulfonamides is 1. The van der Waals surface area contributed by atoms with Gasteiger partial charge in [-0.25, -0.2) is 8.42 Å². The summed E-state index contributed by atoms with van der Waals surface area (Å²) < 4.78 is 28.0. The van der Waals surface area contributed by atoms with Crippen LogP contribution in [0.5, 0.6) is 0 Å². The zero-order chi connectivity index (χ0) is 18.3. The van der Waals surface area contributed by atoms with Crippen LogP contribution < -0.4 is 5.32 Å². The molecule has 2 aromatic carbocycles. The maximum absolute atomic E-state index is 13.2. The molecule has 2 heterocycles. The van der Waals surface area contributed by atoms with Crippen LogP contribution in [0.4, 0.5) is 5.69 Å². The van der Waals surface area contributed by atoms with E-state index in [-0.39, 0.29) is 16.2 Å². The smallest absolute Gasteiger partial charge is 0.244 e. The van der Waals surface area contributed by atoms with Gasteiger partial charge in [-0.1, -0.05) is 23.7 Å². The highest BCUT2D eigenvalue weighted by atomic mass is 35.5. The van der Waals surface area contributed by atoms with Crippen molar-refractivity contribution in [2.24, 2.45) is 0 Å². The number of aryl methyl sites for hydroxylation is 1. The fourth-order valence-corrected chi connectivity index (χ4v) is 6.66. The maximum atomic E-state index is 13.2. The molecule has 5 nitrogen and oxygen atoms in total. The Balaban J connectivity index is 1.67. The van der Waals surface area contributed by atoms with E-state index in [9.17, 15) is 13.2 Å². The summed E-state index contributed by atoms with van der Waals surface area (Å²) in [4.78, 5) is 11.8. The maximum Gasteiger partial charge on any atom is 0.244 e. The molecule has 0 saturated carbocycles. The number of rotatable bonds is 3. The summed E-state index contributed by atoms with van der Waals surface area (Å²) >= 11 is 7.56. The van der Waals surface area contributed by atoms with E-state index < -0.39 is 10.0 Å². The molecule has 26 heavy (non-hydrogen) atoms. The zero-order valence-electron chi connectivity index (χ0n) is 13.8. The number of thioether (sulfide) groups is 1. The first-order valence-corrected chi connectivity index (χ1v) is 11.1. The molecule has 0 radical (unpaired) electrons. The number of fused-ring (bicyclic) bond motifs is 1. The average molecular weight is 409 g/mol. The van der Waals surface area contributed by atoms with Crippen molar-refractivity contribution in [3.05, 3.63) is 58.6 Å². The molecule has 0 aromatic heterocycles. The Kier molecular flexibility index (Phi) is 4.73. The van der Waals surface area contributed by atoms with Gasteiger partial charge in [-0.2, -0.15) is 4.31 Å². The standard InChI is InChI=1S/C18H17ClN2O3S2/c19-14-4-1-12(2-5-14)18-21(9-10-25-18)26(23,24)15-6-7-16-13(11-15)3-8-17(22)20-16/h1-2,4-7,11,18H,3,8-10H2,(H,20,22). The Bertz CT molecular complexity index is 961. The third-order valence-corrected chi connectivity index (χ3v) is 8.09. The Morgan fingerprint density at radius 2 is 1.88 bits per heavy atom. The molecule has 1 fully saturated rings. The quantitative estimate of drug-likeness (QED) is 0.841. The normalized spacial score (nSPS) is 20.7. The number of hydrogen-bond donors (Lipinski definition) is 1. The molecule has 1 N–H and O–H groups in total. The lowest BCUT2D eigenvalue weighted by molar-refractivity contribution is -0.116. The van der Waals surface area contributed by atoms with Gasteiger partial charge in [0.05, 0.1) is 10.3 Å². The summed E-state index contributed by atoms with van der Waals surface area (Å²) in [6, 6.07) is 12.2. The molecule has 1 saturated heterocycles. The van der Waals surface area contributed by atoms with E-state index in [1.807, 2.05) is 12.1 Å². The number of carbonyl (C=O) groups excluding carboxylic acids is 1. The molecule has 1 atom stereocenters. The molecule has 4 rings (SSSR count). The number of nitrogens with zero attached hydrogens (tertiary/aromatic N) is 1. The van der Waals surface area contributed by atoms with Gasteiger partial charge in [0.2, 0.25) is 15.9 Å². The van der Waals surface area contributed by atoms with E-state index in [1.165, 1.54) is 0 Å². The van der Waals surface area contributed by atoms with Gasteiger partial charge in [-0.05, 0) is 47.9 Å². The van der Waals surface area contributed by atoms with E-state index >= 15 is 0 Å². The van der Waals surface area contributed by atoms with E-state index in [0.29, 0.717) is 30.1 Å². The average Bonchev–Trinajstić information content (AvgIpc) is 3.12. The second-order valence-corrected chi connectivity index (χ2v) is 9.77. The lowest BCUT2D eigenvalue weighted by Gasteiger charge is -2.25. The molecule has 0 spiro atoms. The molecule has 2 aliphatic heterocycles. The number of halogens is 1. The first-order chi connectivity index (χ1) is 12.4. The number of carbonyl (C=O) groups is 1. The van der Waals surface area contributed by atoms with Crippen LogP contribution in [0.15, 0.2) is 47.4 Å². The van der Waals surface area contributed by atoms with Crippen molar-refractivity contribution < 1.29 is 13.2 Å². The number of benzene rings is 2. The van der Waals surface area contributed by atoms with Crippen LogP contribution in [-0.2, 0) is 21.2 Å². The van der Waals surface area contributed by atoms with Gasteiger partial charge in [-0.15, -0.1) is 11.8 Å². The minimum absolute atomic E-state index is 0.0353. The summed E-state index contributed by atoms with van der Waals surface area (Å²) in [7, 11) is -3.63. The van der Waals surface area contributed by atoms with Gasteiger partial charge in [0.1, 0.15) is 0 Å². The van der Waals surface area contributed by atoms with Crippen molar-refractivity contribution in [2.75, 3.05) is 17.6 Å². The molecule has 0 bridgehead atoms. The SMILES string of the molecule is O=C1CCc2cc(S(=O)(=O)N3CCSC3c3ccc(Cl)cc3)ccc2N1. The fourth-order valence-electron chi connectivity index (χ4n) is 3.25. The van der Waals surface area contributed by atoms with Gasteiger partial charge < -0.3 is 5.32 Å². The van der Waals surface area contributed by atoms with Crippen LogP contribution in [0, 0.1) is 0 Å². The van der Waals surface area contributed by atoms with E-state index in [1.54, 1.807) is 46.4 Å². The van der Waals surface area contributed by atoms with Crippen LogP contribution in [-0.4, -0.2) is 30.9 Å². The lowest BCUT2D eigenvalue weighted by Crippen LogP contribution is -2.31. The molecule has 2 aliphatic rings. The van der Waals surface area contributed by atoms with Crippen LogP contribution in [0.3, 0.4) is 0 Å². The van der Waals surface area contributed by atoms with Crippen LogP contribution >= 0.6 is 23.4 Å². The molecule has 1 unspecified atom stereocenters. The monoisotopic (exact) mass is 408 g/mol. The van der Waals surface area contributed by atoms with Gasteiger partial charge >= 0.3 is 0 Å². The zero-order valence-corrected chi connectivity index (χ0v) is 16.2. The van der Waals surface area contributed by atoms with E-state index in [4.69, 9.17) is 11.6 Å². The van der Waals surface area contributed by atoms with Gasteiger partial charge in [0.15, 0.2) is 0 Å². The minimum atomic E-state index is -3.63. The van der Waals surface area contributed by atoms with E-state index in [0.717, 1.165) is 16.9 Å². The highest BCUT2D eigenvalue weighted by Gasteiger charge is 2.37.